The molecule has 0 saturated carbocycles. The molecule has 0 aliphatic carbocycles. The van der Waals surface area contributed by atoms with Crippen LogP contribution in [-0.2, 0) is 9.59 Å². The van der Waals surface area contributed by atoms with E-state index in [-0.39, 0.29) is 16.3 Å². The number of carbonyl (C=O) groups is 2. The maximum absolute atomic E-state index is 13.0. The van der Waals surface area contributed by atoms with Gasteiger partial charge in [0.2, 0.25) is 0 Å². The molecule has 146 valence electrons. The van der Waals surface area contributed by atoms with Crippen LogP contribution in [0.2, 0.25) is 5.02 Å². The van der Waals surface area contributed by atoms with Gasteiger partial charge in [-0.1, -0.05) is 49.2 Å². The fourth-order valence-electron chi connectivity index (χ4n) is 2.79. The Morgan fingerprint density at radius 1 is 1.00 bits per heavy atom. The zero-order chi connectivity index (χ0) is 20.4. The molecule has 3 rings (SSSR count). The molecule has 0 N–H and O–H groups in total. The molecule has 28 heavy (non-hydrogen) atoms. The summed E-state index contributed by atoms with van der Waals surface area (Å²) in [6.07, 6.45) is 0. The third kappa shape index (κ3) is 3.86. The lowest BCUT2D eigenvalue weighted by molar-refractivity contribution is -0.119. The molecule has 0 aromatic heterocycles. The second-order valence-corrected chi connectivity index (χ2v) is 7.49. The lowest BCUT2D eigenvalue weighted by Gasteiger charge is -2.18. The number of rotatable bonds is 6. The summed E-state index contributed by atoms with van der Waals surface area (Å²) in [6.45, 7) is 4.70. The molecule has 1 aliphatic rings. The Bertz CT molecular complexity index is 951. The molecule has 1 aliphatic heterocycles. The second kappa shape index (κ2) is 8.25. The van der Waals surface area contributed by atoms with Crippen molar-refractivity contribution in [3.8, 4) is 11.5 Å². The van der Waals surface area contributed by atoms with E-state index in [0.29, 0.717) is 34.6 Å². The SMILES string of the molecule is COc1ccc(Cl)cc1N1C(=O)C(Cl)=C(c2ccc(OCC(C)C)cc2)C1=O. The monoisotopic (exact) mass is 419 g/mol. The van der Waals surface area contributed by atoms with E-state index in [4.69, 9.17) is 32.7 Å². The molecule has 2 aromatic rings. The fourth-order valence-corrected chi connectivity index (χ4v) is 3.23. The van der Waals surface area contributed by atoms with Gasteiger partial charge in [0.1, 0.15) is 16.5 Å². The van der Waals surface area contributed by atoms with Crippen molar-refractivity contribution in [2.24, 2.45) is 5.92 Å². The number of ether oxygens (including phenoxy) is 2. The average Bonchev–Trinajstić information content (AvgIpc) is 2.89. The van der Waals surface area contributed by atoms with Crippen LogP contribution in [0.3, 0.4) is 0 Å². The van der Waals surface area contributed by atoms with Gasteiger partial charge in [-0.25, -0.2) is 4.90 Å². The van der Waals surface area contributed by atoms with Crippen LogP contribution in [0.1, 0.15) is 19.4 Å². The molecule has 0 bridgehead atoms. The molecule has 2 aromatic carbocycles. The highest BCUT2D eigenvalue weighted by molar-refractivity contribution is 6.60. The number of nitrogens with zero attached hydrogens (tertiary/aromatic N) is 1. The van der Waals surface area contributed by atoms with E-state index in [1.165, 1.54) is 13.2 Å². The number of halogens is 2. The maximum Gasteiger partial charge on any atom is 0.277 e. The first kappa shape index (κ1) is 20.2. The lowest BCUT2D eigenvalue weighted by atomic mass is 10.1. The predicted molar refractivity (Wildman–Crippen MR) is 110 cm³/mol. The molecule has 2 amide bonds. The zero-order valence-corrected chi connectivity index (χ0v) is 17.2. The van der Waals surface area contributed by atoms with Crippen LogP contribution >= 0.6 is 23.2 Å². The molecule has 7 heteroatoms. The minimum atomic E-state index is -0.623. The van der Waals surface area contributed by atoms with Crippen LogP contribution in [0.15, 0.2) is 47.5 Å². The molecule has 0 spiro atoms. The topological polar surface area (TPSA) is 55.8 Å². The number of imide groups is 1. The van der Waals surface area contributed by atoms with Gasteiger partial charge in [0.15, 0.2) is 0 Å². The Morgan fingerprint density at radius 2 is 1.68 bits per heavy atom. The van der Waals surface area contributed by atoms with Crippen LogP contribution in [0, 0.1) is 5.92 Å². The van der Waals surface area contributed by atoms with Crippen molar-refractivity contribution in [3.05, 3.63) is 58.1 Å². The number of methoxy groups -OCH3 is 1. The van der Waals surface area contributed by atoms with Crippen molar-refractivity contribution in [3.63, 3.8) is 0 Å². The van der Waals surface area contributed by atoms with E-state index in [1.54, 1.807) is 36.4 Å². The minimum absolute atomic E-state index is 0.129. The Balaban J connectivity index is 1.93. The number of carbonyl (C=O) groups excluding carboxylic acids is 2. The summed E-state index contributed by atoms with van der Waals surface area (Å²) in [4.78, 5) is 26.7. The standard InChI is InChI=1S/C21H19Cl2NO4/c1-12(2)11-28-15-7-4-13(5-8-15)18-19(23)21(26)24(20(18)25)16-10-14(22)6-9-17(16)27-3/h4-10,12H,11H2,1-3H3. The van der Waals surface area contributed by atoms with E-state index in [1.807, 2.05) is 0 Å². The average molecular weight is 420 g/mol. The normalized spacial score (nSPS) is 14.3. The summed E-state index contributed by atoms with van der Waals surface area (Å²) in [5.74, 6) is 0.259. The number of hydrogen-bond acceptors (Lipinski definition) is 4. The van der Waals surface area contributed by atoms with Gasteiger partial charge in [0.05, 0.1) is 25.0 Å². The van der Waals surface area contributed by atoms with E-state index in [2.05, 4.69) is 13.8 Å². The molecule has 0 atom stereocenters. The Morgan fingerprint density at radius 3 is 2.29 bits per heavy atom. The van der Waals surface area contributed by atoms with Crippen molar-refractivity contribution >= 4 is 46.3 Å². The highest BCUT2D eigenvalue weighted by Crippen LogP contribution is 2.40. The summed E-state index contributed by atoms with van der Waals surface area (Å²) in [5.41, 5.74) is 0.905. The molecule has 0 fully saturated rings. The second-order valence-electron chi connectivity index (χ2n) is 6.68. The van der Waals surface area contributed by atoms with Gasteiger partial charge in [0, 0.05) is 5.02 Å². The molecular formula is C21H19Cl2NO4. The smallest absolute Gasteiger partial charge is 0.277 e. The van der Waals surface area contributed by atoms with Gasteiger partial charge < -0.3 is 9.47 Å². The molecule has 1 heterocycles. The molecule has 0 saturated heterocycles. The van der Waals surface area contributed by atoms with Crippen LogP contribution in [0.5, 0.6) is 11.5 Å². The lowest BCUT2D eigenvalue weighted by Crippen LogP contribution is -2.31. The third-order valence-electron chi connectivity index (χ3n) is 4.14. The maximum atomic E-state index is 13.0. The van der Waals surface area contributed by atoms with Gasteiger partial charge in [-0.05, 0) is 41.8 Å². The van der Waals surface area contributed by atoms with Gasteiger partial charge >= 0.3 is 0 Å². The summed E-state index contributed by atoms with van der Waals surface area (Å²) in [5, 5.41) is 0.218. The van der Waals surface area contributed by atoms with Crippen molar-refractivity contribution in [1.29, 1.82) is 0 Å². The van der Waals surface area contributed by atoms with Crippen LogP contribution < -0.4 is 14.4 Å². The first-order chi connectivity index (χ1) is 13.3. The van der Waals surface area contributed by atoms with Crippen LogP contribution in [0.25, 0.3) is 5.57 Å². The summed E-state index contributed by atoms with van der Waals surface area (Å²) in [7, 11) is 1.45. The van der Waals surface area contributed by atoms with Gasteiger partial charge in [0.25, 0.3) is 11.8 Å². The minimum Gasteiger partial charge on any atom is -0.495 e. The summed E-state index contributed by atoms with van der Waals surface area (Å²) >= 11 is 12.3. The Kier molecular flexibility index (Phi) is 5.96. The Hall–Kier alpha value is -2.50. The number of hydrogen-bond donors (Lipinski definition) is 0. The van der Waals surface area contributed by atoms with E-state index in [9.17, 15) is 9.59 Å². The number of amides is 2. The Labute approximate surface area is 173 Å². The van der Waals surface area contributed by atoms with Crippen LogP contribution in [0.4, 0.5) is 5.69 Å². The first-order valence-corrected chi connectivity index (χ1v) is 9.44. The largest absolute Gasteiger partial charge is 0.495 e. The van der Waals surface area contributed by atoms with Crippen molar-refractivity contribution in [1.82, 2.24) is 0 Å². The highest BCUT2D eigenvalue weighted by atomic mass is 35.5. The third-order valence-corrected chi connectivity index (χ3v) is 4.72. The zero-order valence-electron chi connectivity index (χ0n) is 15.7. The van der Waals surface area contributed by atoms with Gasteiger partial charge in [-0.15, -0.1) is 0 Å². The van der Waals surface area contributed by atoms with E-state index >= 15 is 0 Å². The van der Waals surface area contributed by atoms with Crippen LogP contribution in [-0.4, -0.2) is 25.5 Å². The quantitative estimate of drug-likeness (QED) is 0.624. The molecular weight excluding hydrogens is 401 g/mol. The number of benzene rings is 2. The molecule has 5 nitrogen and oxygen atoms in total. The highest BCUT2D eigenvalue weighted by Gasteiger charge is 2.40. The summed E-state index contributed by atoms with van der Waals surface area (Å²) < 4.78 is 10.9. The summed E-state index contributed by atoms with van der Waals surface area (Å²) in [6, 6.07) is 11.6. The van der Waals surface area contributed by atoms with Gasteiger partial charge in [-0.3, -0.25) is 9.59 Å². The van der Waals surface area contributed by atoms with E-state index < -0.39 is 11.8 Å². The number of anilines is 1. The van der Waals surface area contributed by atoms with Crippen molar-refractivity contribution < 1.29 is 19.1 Å². The molecule has 0 radical (unpaired) electrons. The van der Waals surface area contributed by atoms with Crippen molar-refractivity contribution in [2.75, 3.05) is 18.6 Å². The fraction of sp³-hybridized carbons (Fsp3) is 0.238. The first-order valence-electron chi connectivity index (χ1n) is 8.68. The van der Waals surface area contributed by atoms with Crippen molar-refractivity contribution in [2.45, 2.75) is 13.8 Å². The van der Waals surface area contributed by atoms with E-state index in [0.717, 1.165) is 4.90 Å². The molecule has 0 unspecified atom stereocenters. The van der Waals surface area contributed by atoms with Gasteiger partial charge in [-0.2, -0.15) is 0 Å². The predicted octanol–water partition coefficient (Wildman–Crippen LogP) is 4.91.